The van der Waals surface area contributed by atoms with Gasteiger partial charge in [0.25, 0.3) is 0 Å². The minimum atomic E-state index is -0.0379. The van der Waals surface area contributed by atoms with Crippen LogP contribution in [0.4, 0.5) is 0 Å². The van der Waals surface area contributed by atoms with Crippen LogP contribution in [0.5, 0.6) is 17.2 Å². The summed E-state index contributed by atoms with van der Waals surface area (Å²) in [7, 11) is 1.63. The fourth-order valence-corrected chi connectivity index (χ4v) is 3.55. The third kappa shape index (κ3) is 4.89. The average molecular weight is 415 g/mol. The topological polar surface area (TPSA) is 49.7 Å². The molecule has 0 amide bonds. The molecule has 0 spiro atoms. The normalized spacial score (nSPS) is 10.7. The average Bonchev–Trinajstić information content (AvgIpc) is 3.20. The highest BCUT2D eigenvalue weighted by Crippen LogP contribution is 2.26. The van der Waals surface area contributed by atoms with E-state index in [1.165, 1.54) is 0 Å². The van der Waals surface area contributed by atoms with Crippen LogP contribution in [-0.2, 0) is 6.54 Å². The minimum Gasteiger partial charge on any atom is -0.493 e. The van der Waals surface area contributed by atoms with E-state index in [0.29, 0.717) is 17.9 Å². The second kappa shape index (κ2) is 9.85. The van der Waals surface area contributed by atoms with Crippen molar-refractivity contribution in [3.63, 3.8) is 0 Å². The number of carbonyl (C=O) groups excluding carboxylic acids is 1. The molecular weight excluding hydrogens is 390 g/mol. The van der Waals surface area contributed by atoms with Gasteiger partial charge in [-0.25, -0.2) is 0 Å². The predicted molar refractivity (Wildman–Crippen MR) is 121 cm³/mol. The van der Waals surface area contributed by atoms with E-state index >= 15 is 0 Å². The summed E-state index contributed by atoms with van der Waals surface area (Å²) < 4.78 is 19.0. The highest BCUT2D eigenvalue weighted by molar-refractivity contribution is 6.08. The maximum absolute atomic E-state index is 12.9. The van der Waals surface area contributed by atoms with Gasteiger partial charge in [-0.15, -0.1) is 0 Å². The Morgan fingerprint density at radius 2 is 1.55 bits per heavy atom. The molecule has 0 aliphatic carbocycles. The number of fused-ring (bicyclic) bond motifs is 1. The van der Waals surface area contributed by atoms with E-state index in [9.17, 15) is 4.79 Å². The lowest BCUT2D eigenvalue weighted by Gasteiger charge is -2.11. The van der Waals surface area contributed by atoms with Gasteiger partial charge < -0.3 is 18.8 Å². The molecule has 0 aliphatic heterocycles. The highest BCUT2D eigenvalue weighted by atomic mass is 16.5. The molecule has 1 aromatic heterocycles. The third-order valence-corrected chi connectivity index (χ3v) is 5.07. The Morgan fingerprint density at radius 3 is 2.35 bits per heavy atom. The summed E-state index contributed by atoms with van der Waals surface area (Å²) in [6, 6.07) is 24.9. The molecule has 0 fully saturated rings. The van der Waals surface area contributed by atoms with E-state index in [0.717, 1.165) is 35.4 Å². The van der Waals surface area contributed by atoms with Crippen molar-refractivity contribution in [2.45, 2.75) is 13.0 Å². The number of methoxy groups -OCH3 is 1. The van der Waals surface area contributed by atoms with E-state index in [4.69, 9.17) is 14.2 Å². The monoisotopic (exact) mass is 415 g/mol. The van der Waals surface area contributed by atoms with Crippen molar-refractivity contribution in [1.29, 1.82) is 0 Å². The number of aromatic nitrogens is 1. The molecule has 0 saturated carbocycles. The molecule has 31 heavy (non-hydrogen) atoms. The van der Waals surface area contributed by atoms with Crippen LogP contribution in [0.2, 0.25) is 0 Å². The molecule has 4 rings (SSSR count). The van der Waals surface area contributed by atoms with Gasteiger partial charge in [0, 0.05) is 29.2 Å². The van der Waals surface area contributed by atoms with Gasteiger partial charge in [-0.2, -0.15) is 0 Å². The second-order valence-electron chi connectivity index (χ2n) is 7.13. The molecule has 0 aliphatic rings. The Labute approximate surface area is 181 Å². The summed E-state index contributed by atoms with van der Waals surface area (Å²) in [6.07, 6.45) is 2.72. The van der Waals surface area contributed by atoms with Crippen LogP contribution < -0.4 is 14.2 Å². The van der Waals surface area contributed by atoms with Crippen molar-refractivity contribution < 1.29 is 19.0 Å². The number of Topliss-reactive ketones (excluding diaryl/α,β-unsaturated/α-hetero) is 1. The van der Waals surface area contributed by atoms with E-state index in [2.05, 4.69) is 4.57 Å². The molecular formula is C26H25NO4. The van der Waals surface area contributed by atoms with Crippen LogP contribution in [0.25, 0.3) is 10.9 Å². The van der Waals surface area contributed by atoms with Gasteiger partial charge in [-0.3, -0.25) is 4.79 Å². The summed E-state index contributed by atoms with van der Waals surface area (Å²) in [5.41, 5.74) is 1.71. The number of rotatable bonds is 10. The molecule has 0 N–H and O–H groups in total. The highest BCUT2D eigenvalue weighted by Gasteiger charge is 2.15. The summed E-state index contributed by atoms with van der Waals surface area (Å²) >= 11 is 0. The number of hydrogen-bond acceptors (Lipinski definition) is 4. The zero-order chi connectivity index (χ0) is 21.5. The zero-order valence-electron chi connectivity index (χ0n) is 17.5. The molecule has 0 atom stereocenters. The molecule has 158 valence electrons. The molecule has 3 aromatic carbocycles. The van der Waals surface area contributed by atoms with Gasteiger partial charge in [0.15, 0.2) is 18.1 Å². The number of nitrogens with zero attached hydrogens (tertiary/aromatic N) is 1. The molecule has 0 radical (unpaired) electrons. The fraction of sp³-hybridized carbons (Fsp3) is 0.192. The van der Waals surface area contributed by atoms with Crippen molar-refractivity contribution in [3.8, 4) is 17.2 Å². The number of aryl methyl sites for hydroxylation is 1. The molecule has 0 bridgehead atoms. The van der Waals surface area contributed by atoms with Gasteiger partial charge in [0.2, 0.25) is 5.78 Å². The Balaban J connectivity index is 1.42. The molecule has 0 saturated heterocycles. The molecule has 0 unspecified atom stereocenters. The van der Waals surface area contributed by atoms with E-state index in [1.807, 2.05) is 85.1 Å². The van der Waals surface area contributed by atoms with Gasteiger partial charge in [0.1, 0.15) is 5.75 Å². The van der Waals surface area contributed by atoms with E-state index in [-0.39, 0.29) is 12.4 Å². The zero-order valence-corrected chi connectivity index (χ0v) is 17.5. The van der Waals surface area contributed by atoms with Crippen molar-refractivity contribution in [1.82, 2.24) is 4.57 Å². The van der Waals surface area contributed by atoms with Gasteiger partial charge in [-0.05, 0) is 36.8 Å². The predicted octanol–water partition coefficient (Wildman–Crippen LogP) is 5.38. The molecule has 1 heterocycles. The first-order chi connectivity index (χ1) is 15.3. The van der Waals surface area contributed by atoms with Crippen molar-refractivity contribution in [2.75, 3.05) is 20.3 Å². The lowest BCUT2D eigenvalue weighted by atomic mass is 10.1. The Morgan fingerprint density at radius 1 is 0.839 bits per heavy atom. The van der Waals surface area contributed by atoms with Crippen molar-refractivity contribution in [2.24, 2.45) is 0 Å². The first kappa shape index (κ1) is 20.5. The summed E-state index contributed by atoms with van der Waals surface area (Å²) in [4.78, 5) is 12.9. The quantitative estimate of drug-likeness (QED) is 0.258. The summed E-state index contributed by atoms with van der Waals surface area (Å²) in [5.74, 6) is 2.11. The first-order valence-electron chi connectivity index (χ1n) is 10.3. The Bertz CT molecular complexity index is 1150. The van der Waals surface area contributed by atoms with Gasteiger partial charge >= 0.3 is 0 Å². The van der Waals surface area contributed by atoms with Gasteiger partial charge in [-0.1, -0.05) is 48.5 Å². The summed E-state index contributed by atoms with van der Waals surface area (Å²) in [6.45, 7) is 1.30. The van der Waals surface area contributed by atoms with Gasteiger partial charge in [0.05, 0.1) is 13.7 Å². The number of para-hydroxylation sites is 4. The van der Waals surface area contributed by atoms with E-state index < -0.39 is 0 Å². The fourth-order valence-electron chi connectivity index (χ4n) is 3.55. The maximum Gasteiger partial charge on any atom is 0.202 e. The standard InChI is InChI=1S/C26H25NO4/c1-29-25-14-7-8-15-26(25)30-17-9-16-27-18-22(21-12-5-6-13-23(21)27)24(28)19-31-20-10-3-2-4-11-20/h2-8,10-15,18H,9,16-17,19H2,1H3. The minimum absolute atomic E-state index is 0.00886. The Kier molecular flexibility index (Phi) is 6.53. The maximum atomic E-state index is 12.9. The van der Waals surface area contributed by atoms with Crippen LogP contribution in [0.15, 0.2) is 85.1 Å². The molecule has 4 aromatic rings. The molecule has 5 nitrogen and oxygen atoms in total. The number of ether oxygens (including phenoxy) is 3. The molecule has 5 heteroatoms. The van der Waals surface area contributed by atoms with Crippen LogP contribution >= 0.6 is 0 Å². The van der Waals surface area contributed by atoms with Crippen LogP contribution in [0.1, 0.15) is 16.8 Å². The van der Waals surface area contributed by atoms with Crippen molar-refractivity contribution >= 4 is 16.7 Å². The van der Waals surface area contributed by atoms with Crippen LogP contribution in [0, 0.1) is 0 Å². The van der Waals surface area contributed by atoms with Crippen molar-refractivity contribution in [3.05, 3.63) is 90.6 Å². The second-order valence-corrected chi connectivity index (χ2v) is 7.13. The van der Waals surface area contributed by atoms with Crippen LogP contribution in [0.3, 0.4) is 0 Å². The van der Waals surface area contributed by atoms with E-state index in [1.54, 1.807) is 7.11 Å². The lowest BCUT2D eigenvalue weighted by molar-refractivity contribution is 0.0923. The number of hydrogen-bond donors (Lipinski definition) is 0. The first-order valence-corrected chi connectivity index (χ1v) is 10.3. The SMILES string of the molecule is COc1ccccc1OCCCn1cc(C(=O)COc2ccccc2)c2ccccc21. The number of ketones is 1. The Hall–Kier alpha value is -3.73. The third-order valence-electron chi connectivity index (χ3n) is 5.07. The van der Waals surface area contributed by atoms with Crippen LogP contribution in [-0.4, -0.2) is 30.7 Å². The number of benzene rings is 3. The largest absolute Gasteiger partial charge is 0.493 e. The summed E-state index contributed by atoms with van der Waals surface area (Å²) in [5, 5.41) is 0.940. The smallest absolute Gasteiger partial charge is 0.202 e. The lowest BCUT2D eigenvalue weighted by Crippen LogP contribution is -2.11. The number of carbonyl (C=O) groups is 1.